The molecule has 0 aromatic heterocycles. The van der Waals surface area contributed by atoms with E-state index >= 15 is 0 Å². The highest BCUT2D eigenvalue weighted by Crippen LogP contribution is 2.37. The molecule has 2 aromatic rings. The highest BCUT2D eigenvalue weighted by Gasteiger charge is 2.13. The number of rotatable bonds is 4. The molecular weight excluding hydrogens is 464 g/mol. The molecule has 0 heterocycles. The van der Waals surface area contributed by atoms with E-state index in [1.165, 1.54) is 5.56 Å². The van der Waals surface area contributed by atoms with Crippen LogP contribution in [-0.2, 0) is 0 Å². The monoisotopic (exact) mass is 476 g/mol. The molecule has 21 heavy (non-hydrogen) atoms. The molecule has 1 unspecified atom stereocenters. The molecule has 0 aliphatic rings. The van der Waals surface area contributed by atoms with Crippen LogP contribution in [0.2, 0.25) is 0 Å². The van der Waals surface area contributed by atoms with E-state index in [0.717, 1.165) is 24.5 Å². The van der Waals surface area contributed by atoms with Crippen molar-refractivity contribution in [2.45, 2.75) is 20.0 Å². The number of aliphatic hydroxyl groups excluding tert-OH is 1. The van der Waals surface area contributed by atoms with Gasteiger partial charge >= 0.3 is 0 Å². The largest absolute Gasteiger partial charge is 0.488 e. The summed E-state index contributed by atoms with van der Waals surface area (Å²) in [7, 11) is 0. The van der Waals surface area contributed by atoms with Crippen LogP contribution in [-0.4, -0.2) is 11.7 Å². The number of benzene rings is 2. The highest BCUT2D eigenvalue weighted by atomic mass is 79.9. The zero-order valence-corrected chi connectivity index (χ0v) is 16.4. The van der Waals surface area contributed by atoms with Gasteiger partial charge in [-0.15, -0.1) is 0 Å². The molecule has 0 radical (unpaired) electrons. The van der Waals surface area contributed by atoms with Gasteiger partial charge in [0.15, 0.2) is 0 Å². The van der Waals surface area contributed by atoms with Crippen LogP contribution in [0.25, 0.3) is 0 Å². The molecule has 0 saturated heterocycles. The van der Waals surface area contributed by atoms with Crippen LogP contribution in [0.5, 0.6) is 5.75 Å². The van der Waals surface area contributed by atoms with Gasteiger partial charge in [-0.2, -0.15) is 0 Å². The number of halogens is 3. The van der Waals surface area contributed by atoms with Gasteiger partial charge in [-0.1, -0.05) is 34.1 Å². The molecule has 2 nitrogen and oxygen atoms in total. The van der Waals surface area contributed by atoms with Gasteiger partial charge in [-0.25, -0.2) is 0 Å². The van der Waals surface area contributed by atoms with Crippen molar-refractivity contribution < 1.29 is 9.84 Å². The van der Waals surface area contributed by atoms with Crippen LogP contribution < -0.4 is 4.74 Å². The maximum Gasteiger partial charge on any atom is 0.147 e. The summed E-state index contributed by atoms with van der Waals surface area (Å²) in [5.74, 6) is 0.682. The molecule has 0 spiro atoms. The second-order valence-corrected chi connectivity index (χ2v) is 7.49. The Balaban J connectivity index is 2.11. The first-order valence-electron chi connectivity index (χ1n) is 6.41. The summed E-state index contributed by atoms with van der Waals surface area (Å²) in [4.78, 5) is 0. The third kappa shape index (κ3) is 4.31. The van der Waals surface area contributed by atoms with E-state index in [1.54, 1.807) is 0 Å². The molecule has 1 N–H and O–H groups in total. The zero-order valence-electron chi connectivity index (χ0n) is 11.7. The van der Waals surface area contributed by atoms with Crippen LogP contribution in [0.3, 0.4) is 0 Å². The fourth-order valence-electron chi connectivity index (χ4n) is 1.90. The normalized spacial score (nSPS) is 12.3. The molecular formula is C16H15Br3O2. The molecule has 0 amide bonds. The van der Waals surface area contributed by atoms with Crippen LogP contribution in [0.4, 0.5) is 0 Å². The Bertz CT molecular complexity index is 633. The van der Waals surface area contributed by atoms with Crippen molar-refractivity contribution >= 4 is 47.8 Å². The van der Waals surface area contributed by atoms with E-state index in [2.05, 4.69) is 54.7 Å². The van der Waals surface area contributed by atoms with Gasteiger partial charge in [0.05, 0.1) is 8.95 Å². The van der Waals surface area contributed by atoms with Crippen molar-refractivity contribution in [3.8, 4) is 5.75 Å². The smallest absolute Gasteiger partial charge is 0.147 e. The molecule has 0 fully saturated rings. The van der Waals surface area contributed by atoms with Crippen molar-refractivity contribution in [3.05, 3.63) is 60.4 Å². The molecule has 2 aromatic carbocycles. The first-order chi connectivity index (χ1) is 9.88. The Morgan fingerprint density at radius 1 is 1.00 bits per heavy atom. The van der Waals surface area contributed by atoms with Crippen molar-refractivity contribution in [1.82, 2.24) is 0 Å². The van der Waals surface area contributed by atoms with E-state index in [-0.39, 0.29) is 6.61 Å². The highest BCUT2D eigenvalue weighted by molar-refractivity contribution is 9.11. The fraction of sp³-hybridized carbons (Fsp3) is 0.250. The maximum atomic E-state index is 10.3. The first-order valence-corrected chi connectivity index (χ1v) is 8.79. The van der Waals surface area contributed by atoms with Crippen molar-refractivity contribution in [1.29, 1.82) is 0 Å². The third-order valence-corrected chi connectivity index (χ3v) is 4.90. The van der Waals surface area contributed by atoms with Gasteiger partial charge in [0, 0.05) is 4.47 Å². The van der Waals surface area contributed by atoms with Gasteiger partial charge in [-0.3, -0.25) is 0 Å². The van der Waals surface area contributed by atoms with Crippen LogP contribution in [0.1, 0.15) is 22.8 Å². The lowest BCUT2D eigenvalue weighted by Crippen LogP contribution is -2.10. The van der Waals surface area contributed by atoms with Crippen LogP contribution >= 0.6 is 47.8 Å². The minimum Gasteiger partial charge on any atom is -0.488 e. The number of aliphatic hydroxyl groups is 1. The fourth-order valence-corrected chi connectivity index (χ4v) is 4.38. The van der Waals surface area contributed by atoms with Crippen LogP contribution in [0.15, 0.2) is 43.7 Å². The Hall–Kier alpha value is -0.360. The number of aryl methyl sites for hydroxylation is 2. The molecule has 5 heteroatoms. The van der Waals surface area contributed by atoms with E-state index in [0.29, 0.717) is 5.75 Å². The average molecular weight is 479 g/mol. The molecule has 1 atom stereocenters. The van der Waals surface area contributed by atoms with Gasteiger partial charge in [0.1, 0.15) is 18.5 Å². The quantitative estimate of drug-likeness (QED) is 0.610. The topological polar surface area (TPSA) is 29.5 Å². The lowest BCUT2D eigenvalue weighted by Gasteiger charge is -2.16. The molecule has 112 valence electrons. The van der Waals surface area contributed by atoms with Gasteiger partial charge in [0.25, 0.3) is 0 Å². The first kappa shape index (κ1) is 17.0. The van der Waals surface area contributed by atoms with Crippen LogP contribution in [0, 0.1) is 13.8 Å². The lowest BCUT2D eigenvalue weighted by molar-refractivity contribution is 0.107. The molecule has 0 saturated carbocycles. The van der Waals surface area contributed by atoms with Crippen molar-refractivity contribution in [3.63, 3.8) is 0 Å². The standard InChI is InChI=1S/C16H15Br3O2/c1-9-3-4-11(5-10(9)2)15(20)8-21-16-13(18)6-12(17)7-14(16)19/h3-7,15,20H,8H2,1-2H3. The predicted molar refractivity (Wildman–Crippen MR) is 95.9 cm³/mol. The molecule has 2 rings (SSSR count). The summed E-state index contributed by atoms with van der Waals surface area (Å²) in [5.41, 5.74) is 3.24. The van der Waals surface area contributed by atoms with E-state index in [4.69, 9.17) is 4.74 Å². The second-order valence-electron chi connectivity index (χ2n) is 4.87. The van der Waals surface area contributed by atoms with Crippen molar-refractivity contribution in [2.75, 3.05) is 6.61 Å². The Labute approximate surface area is 149 Å². The number of hydrogen-bond acceptors (Lipinski definition) is 2. The van der Waals surface area contributed by atoms with E-state index in [9.17, 15) is 5.11 Å². The summed E-state index contributed by atoms with van der Waals surface area (Å²) in [6.45, 7) is 4.29. The minimum atomic E-state index is -0.660. The van der Waals surface area contributed by atoms with Gasteiger partial charge < -0.3 is 9.84 Å². The zero-order chi connectivity index (χ0) is 15.6. The lowest BCUT2D eigenvalue weighted by atomic mass is 10.0. The van der Waals surface area contributed by atoms with E-state index in [1.807, 2.05) is 37.3 Å². The Kier molecular flexibility index (Phi) is 5.88. The summed E-state index contributed by atoms with van der Waals surface area (Å²) >= 11 is 10.3. The predicted octanol–water partition coefficient (Wildman–Crippen LogP) is 5.70. The average Bonchev–Trinajstić information content (AvgIpc) is 2.40. The van der Waals surface area contributed by atoms with Gasteiger partial charge in [0.2, 0.25) is 0 Å². The maximum absolute atomic E-state index is 10.3. The summed E-state index contributed by atoms with van der Waals surface area (Å²) < 4.78 is 8.35. The SMILES string of the molecule is Cc1ccc(C(O)COc2c(Br)cc(Br)cc2Br)cc1C. The number of ether oxygens (including phenoxy) is 1. The molecule has 0 aliphatic carbocycles. The second kappa shape index (κ2) is 7.27. The van der Waals surface area contributed by atoms with Crippen molar-refractivity contribution in [2.24, 2.45) is 0 Å². The third-order valence-electron chi connectivity index (χ3n) is 3.26. The van der Waals surface area contributed by atoms with Gasteiger partial charge in [-0.05, 0) is 74.5 Å². The summed E-state index contributed by atoms with van der Waals surface area (Å²) in [5, 5.41) is 10.3. The molecule has 0 bridgehead atoms. The summed E-state index contributed by atoms with van der Waals surface area (Å²) in [6, 6.07) is 9.75. The van der Waals surface area contributed by atoms with E-state index < -0.39 is 6.10 Å². The Morgan fingerprint density at radius 3 is 2.19 bits per heavy atom. The minimum absolute atomic E-state index is 0.196. The summed E-state index contributed by atoms with van der Waals surface area (Å²) in [6.07, 6.45) is -0.660. The number of hydrogen-bond donors (Lipinski definition) is 1. The molecule has 0 aliphatic heterocycles. The Morgan fingerprint density at radius 2 is 1.62 bits per heavy atom.